The summed E-state index contributed by atoms with van der Waals surface area (Å²) in [5.41, 5.74) is -0.0313. The molecule has 1 N–H and O–H groups in total. The lowest BCUT2D eigenvalue weighted by molar-refractivity contribution is -0.137. The van der Waals surface area contributed by atoms with Crippen LogP contribution in [0, 0.1) is 5.82 Å². The predicted molar refractivity (Wildman–Crippen MR) is 116 cm³/mol. The summed E-state index contributed by atoms with van der Waals surface area (Å²) >= 11 is 0. The molecule has 0 spiro atoms. The van der Waals surface area contributed by atoms with E-state index in [9.17, 15) is 27.2 Å². The van der Waals surface area contributed by atoms with E-state index in [1.54, 1.807) is 0 Å². The Morgan fingerprint density at radius 1 is 1.17 bits per heavy atom. The molecule has 1 aromatic heterocycles. The molecule has 0 saturated carbocycles. The molecule has 1 aliphatic rings. The van der Waals surface area contributed by atoms with Gasteiger partial charge in [0.25, 0.3) is 0 Å². The number of likely N-dealkylation sites (tertiary alicyclic amines) is 1. The highest BCUT2D eigenvalue weighted by molar-refractivity contribution is 5.79. The van der Waals surface area contributed by atoms with Gasteiger partial charge in [0.15, 0.2) is 0 Å². The minimum absolute atomic E-state index is 0.0611. The highest BCUT2D eigenvalue weighted by Gasteiger charge is 2.32. The standard InChI is InChI=1S/C24H22F4N4O3/c25-18-8-6-15(7-9-18)23-30-21(35-31-23)11-10-20(33)29-19(14-32-12-2-5-22(32)34)16-3-1-4-17(13-16)24(26,27)28/h1,3-4,6-9,13,19H,2,5,10-12,14H2,(H,29,33). The number of aromatic nitrogens is 2. The van der Waals surface area contributed by atoms with Gasteiger partial charge in [0.1, 0.15) is 5.82 Å². The van der Waals surface area contributed by atoms with Crippen LogP contribution >= 0.6 is 0 Å². The van der Waals surface area contributed by atoms with Crippen molar-refractivity contribution in [2.75, 3.05) is 13.1 Å². The number of carbonyl (C=O) groups excluding carboxylic acids is 2. The van der Waals surface area contributed by atoms with Crippen molar-refractivity contribution in [3.05, 3.63) is 71.4 Å². The second-order valence-electron chi connectivity index (χ2n) is 8.21. The van der Waals surface area contributed by atoms with Crippen LogP contribution in [0.4, 0.5) is 17.6 Å². The first-order valence-corrected chi connectivity index (χ1v) is 11.0. The van der Waals surface area contributed by atoms with Crippen molar-refractivity contribution >= 4 is 11.8 Å². The summed E-state index contributed by atoms with van der Waals surface area (Å²) in [6.45, 7) is 0.555. The lowest BCUT2D eigenvalue weighted by Crippen LogP contribution is -2.38. The van der Waals surface area contributed by atoms with Gasteiger partial charge in [-0.25, -0.2) is 4.39 Å². The van der Waals surface area contributed by atoms with E-state index in [0.29, 0.717) is 24.9 Å². The summed E-state index contributed by atoms with van der Waals surface area (Å²) in [4.78, 5) is 30.5. The molecule has 184 valence electrons. The largest absolute Gasteiger partial charge is 0.416 e. The molecule has 1 fully saturated rings. The van der Waals surface area contributed by atoms with Crippen LogP contribution in [-0.2, 0) is 22.2 Å². The van der Waals surface area contributed by atoms with E-state index in [-0.39, 0.29) is 42.6 Å². The first kappa shape index (κ1) is 24.4. The third kappa shape index (κ3) is 6.23. The van der Waals surface area contributed by atoms with Crippen molar-refractivity contribution < 1.29 is 31.7 Å². The van der Waals surface area contributed by atoms with Gasteiger partial charge >= 0.3 is 6.18 Å². The van der Waals surface area contributed by atoms with Crippen molar-refractivity contribution in [1.29, 1.82) is 0 Å². The van der Waals surface area contributed by atoms with Gasteiger partial charge in [-0.2, -0.15) is 18.2 Å². The fourth-order valence-corrected chi connectivity index (χ4v) is 3.84. The second kappa shape index (κ2) is 10.2. The van der Waals surface area contributed by atoms with Crippen molar-refractivity contribution in [2.24, 2.45) is 0 Å². The molecule has 3 aromatic rings. The predicted octanol–water partition coefficient (Wildman–Crippen LogP) is 4.31. The Bertz CT molecular complexity index is 1190. The summed E-state index contributed by atoms with van der Waals surface area (Å²) < 4.78 is 57.9. The number of alkyl halides is 3. The zero-order chi connectivity index (χ0) is 25.0. The molecule has 2 aromatic carbocycles. The fourth-order valence-electron chi connectivity index (χ4n) is 3.84. The second-order valence-corrected chi connectivity index (χ2v) is 8.21. The van der Waals surface area contributed by atoms with E-state index in [4.69, 9.17) is 4.52 Å². The summed E-state index contributed by atoms with van der Waals surface area (Å²) in [5.74, 6) is -0.518. The molecule has 2 amide bonds. The Hall–Kier alpha value is -3.76. The number of hydrogen-bond acceptors (Lipinski definition) is 5. The Labute approximate surface area is 198 Å². The van der Waals surface area contributed by atoms with Crippen LogP contribution in [0.1, 0.15) is 42.3 Å². The number of amides is 2. The minimum Gasteiger partial charge on any atom is -0.347 e. The van der Waals surface area contributed by atoms with Crippen molar-refractivity contribution in [3.63, 3.8) is 0 Å². The zero-order valence-electron chi connectivity index (χ0n) is 18.5. The highest BCUT2D eigenvalue weighted by Crippen LogP contribution is 2.31. The Morgan fingerprint density at radius 2 is 1.94 bits per heavy atom. The molecule has 0 radical (unpaired) electrons. The number of benzene rings is 2. The number of hydrogen-bond donors (Lipinski definition) is 1. The van der Waals surface area contributed by atoms with Gasteiger partial charge in [-0.1, -0.05) is 17.3 Å². The van der Waals surface area contributed by atoms with Gasteiger partial charge in [-0.05, 0) is 48.4 Å². The van der Waals surface area contributed by atoms with Crippen LogP contribution < -0.4 is 5.32 Å². The van der Waals surface area contributed by atoms with E-state index >= 15 is 0 Å². The van der Waals surface area contributed by atoms with Gasteiger partial charge in [-0.15, -0.1) is 0 Å². The molecule has 1 aliphatic heterocycles. The van der Waals surface area contributed by atoms with Gasteiger partial charge in [0.2, 0.25) is 23.5 Å². The molecule has 0 bridgehead atoms. The molecule has 1 atom stereocenters. The van der Waals surface area contributed by atoms with Gasteiger partial charge in [-0.3, -0.25) is 9.59 Å². The molecule has 35 heavy (non-hydrogen) atoms. The molecule has 2 heterocycles. The Balaban J connectivity index is 1.43. The average Bonchev–Trinajstić information content (AvgIpc) is 3.46. The molecular formula is C24H22F4N4O3. The topological polar surface area (TPSA) is 88.3 Å². The Kier molecular flexibility index (Phi) is 7.13. The lowest BCUT2D eigenvalue weighted by atomic mass is 10.0. The monoisotopic (exact) mass is 490 g/mol. The third-order valence-corrected chi connectivity index (χ3v) is 5.66. The Morgan fingerprint density at radius 3 is 2.63 bits per heavy atom. The number of rotatable bonds is 8. The molecule has 7 nitrogen and oxygen atoms in total. The number of nitrogens with zero attached hydrogens (tertiary/aromatic N) is 3. The van der Waals surface area contributed by atoms with Crippen LogP contribution in [0.15, 0.2) is 53.1 Å². The van der Waals surface area contributed by atoms with E-state index in [0.717, 1.165) is 12.1 Å². The normalized spacial score (nSPS) is 14.9. The molecule has 11 heteroatoms. The number of nitrogens with one attached hydrogen (secondary N) is 1. The minimum atomic E-state index is -4.53. The lowest BCUT2D eigenvalue weighted by Gasteiger charge is -2.25. The van der Waals surface area contributed by atoms with Crippen LogP contribution in [0.25, 0.3) is 11.4 Å². The maximum atomic E-state index is 13.2. The third-order valence-electron chi connectivity index (χ3n) is 5.66. The summed E-state index contributed by atoms with van der Waals surface area (Å²) in [7, 11) is 0. The number of carbonyl (C=O) groups is 2. The van der Waals surface area contributed by atoms with Crippen molar-refractivity contribution in [2.45, 2.75) is 37.9 Å². The van der Waals surface area contributed by atoms with Gasteiger partial charge in [0.05, 0.1) is 11.6 Å². The maximum Gasteiger partial charge on any atom is 0.416 e. The smallest absolute Gasteiger partial charge is 0.347 e. The van der Waals surface area contributed by atoms with Crippen LogP contribution in [0.3, 0.4) is 0 Å². The van der Waals surface area contributed by atoms with Crippen LogP contribution in [0.2, 0.25) is 0 Å². The molecule has 1 unspecified atom stereocenters. The van der Waals surface area contributed by atoms with Gasteiger partial charge in [0, 0.05) is 37.9 Å². The van der Waals surface area contributed by atoms with Crippen molar-refractivity contribution in [3.8, 4) is 11.4 Å². The van der Waals surface area contributed by atoms with E-state index < -0.39 is 29.5 Å². The van der Waals surface area contributed by atoms with Gasteiger partial charge < -0.3 is 14.7 Å². The van der Waals surface area contributed by atoms with Crippen LogP contribution in [-0.4, -0.2) is 39.9 Å². The van der Waals surface area contributed by atoms with Crippen molar-refractivity contribution in [1.82, 2.24) is 20.4 Å². The maximum absolute atomic E-state index is 13.2. The van der Waals surface area contributed by atoms with E-state index in [1.807, 2.05) is 0 Å². The number of aryl methyl sites for hydroxylation is 1. The number of halogens is 4. The van der Waals surface area contributed by atoms with Crippen LogP contribution in [0.5, 0.6) is 0 Å². The molecular weight excluding hydrogens is 468 g/mol. The first-order chi connectivity index (χ1) is 16.7. The first-order valence-electron chi connectivity index (χ1n) is 11.0. The average molecular weight is 490 g/mol. The molecule has 1 saturated heterocycles. The SMILES string of the molecule is O=C(CCc1nc(-c2ccc(F)cc2)no1)NC(CN1CCCC1=O)c1cccc(C(F)(F)F)c1. The quantitative estimate of drug-likeness (QED) is 0.476. The molecule has 0 aliphatic carbocycles. The summed E-state index contributed by atoms with van der Waals surface area (Å²) in [6, 6.07) is 9.41. The fraction of sp³-hybridized carbons (Fsp3) is 0.333. The highest BCUT2D eigenvalue weighted by atomic mass is 19.4. The molecule has 4 rings (SSSR count). The zero-order valence-corrected chi connectivity index (χ0v) is 18.5. The summed E-state index contributed by atoms with van der Waals surface area (Å²) in [5, 5.41) is 6.56. The summed E-state index contributed by atoms with van der Waals surface area (Å²) in [6.07, 6.45) is -3.47. The van der Waals surface area contributed by atoms with E-state index in [2.05, 4.69) is 15.5 Å². The van der Waals surface area contributed by atoms with E-state index in [1.165, 1.54) is 41.3 Å².